The van der Waals surface area contributed by atoms with Crippen LogP contribution in [0.3, 0.4) is 0 Å². The molecule has 0 aliphatic heterocycles. The van der Waals surface area contributed by atoms with Crippen molar-refractivity contribution >= 4 is 10.8 Å². The van der Waals surface area contributed by atoms with Gasteiger partial charge in [0.25, 0.3) is 0 Å². The van der Waals surface area contributed by atoms with Crippen LogP contribution in [-0.2, 0) is 11.8 Å². The van der Waals surface area contributed by atoms with Gasteiger partial charge in [-0.15, -0.1) is 0 Å². The maximum atomic E-state index is 2.51. The molecule has 0 radical (unpaired) electrons. The zero-order valence-electron chi connectivity index (χ0n) is 21.2. The molecule has 0 heterocycles. The standard InChI is InChI=1S/C36H32/c1-36(2)32-17-11-10-16-29(32)31-23-20-26-19-22-30-27-15-9-8-14-25(27)18-21-28(34(30)33(26)35(31)36)24-12-6-4-3-5-7-13-24/h3-4,6,8-17,19-20,22-23,28H,5,7,18,21H2,1-2H3/b4-3+,12-6-,24-13+. The largest absolute Gasteiger partial charge is 0.0842 e. The van der Waals surface area contributed by atoms with Crippen molar-refractivity contribution < 1.29 is 0 Å². The van der Waals surface area contributed by atoms with Crippen LogP contribution in [0.25, 0.3) is 33.0 Å². The number of rotatable bonds is 1. The molecule has 0 saturated heterocycles. The summed E-state index contributed by atoms with van der Waals surface area (Å²) in [4.78, 5) is 0. The van der Waals surface area contributed by atoms with Gasteiger partial charge in [0.2, 0.25) is 0 Å². The molecule has 0 heteroatoms. The number of aryl methyl sites for hydroxylation is 1. The molecule has 0 nitrogen and oxygen atoms in total. The Labute approximate surface area is 214 Å². The Bertz CT molecular complexity index is 1600. The Morgan fingerprint density at radius 2 is 1.50 bits per heavy atom. The van der Waals surface area contributed by atoms with E-state index < -0.39 is 0 Å². The third kappa shape index (κ3) is 3.14. The lowest BCUT2D eigenvalue weighted by Crippen LogP contribution is -2.17. The van der Waals surface area contributed by atoms with E-state index in [1.807, 2.05) is 0 Å². The van der Waals surface area contributed by atoms with Crippen molar-refractivity contribution in [1.82, 2.24) is 0 Å². The first kappa shape index (κ1) is 21.6. The smallest absolute Gasteiger partial charge is 0.0165 e. The van der Waals surface area contributed by atoms with Gasteiger partial charge in [0.15, 0.2) is 0 Å². The minimum Gasteiger partial charge on any atom is -0.0842 e. The summed E-state index contributed by atoms with van der Waals surface area (Å²) in [5.74, 6) is 0.380. The predicted octanol–water partition coefficient (Wildman–Crippen LogP) is 9.68. The number of benzene rings is 4. The van der Waals surface area contributed by atoms with Crippen LogP contribution in [0.15, 0.2) is 109 Å². The molecule has 36 heavy (non-hydrogen) atoms. The summed E-state index contributed by atoms with van der Waals surface area (Å²) >= 11 is 0. The molecule has 0 spiro atoms. The fourth-order valence-corrected chi connectivity index (χ4v) is 7.11. The first-order valence-electron chi connectivity index (χ1n) is 13.5. The van der Waals surface area contributed by atoms with Crippen LogP contribution in [0.1, 0.15) is 61.3 Å². The highest BCUT2D eigenvalue weighted by Gasteiger charge is 2.38. The molecule has 1 atom stereocenters. The van der Waals surface area contributed by atoms with Gasteiger partial charge in [-0.25, -0.2) is 0 Å². The lowest BCUT2D eigenvalue weighted by Gasteiger charge is -2.28. The van der Waals surface area contributed by atoms with Crippen LogP contribution in [0.4, 0.5) is 0 Å². The van der Waals surface area contributed by atoms with E-state index >= 15 is 0 Å². The molecule has 3 aliphatic carbocycles. The quantitative estimate of drug-likeness (QED) is 0.263. The van der Waals surface area contributed by atoms with Gasteiger partial charge < -0.3 is 0 Å². The fraction of sp³-hybridized carbons (Fsp3) is 0.222. The van der Waals surface area contributed by atoms with Gasteiger partial charge in [-0.3, -0.25) is 0 Å². The van der Waals surface area contributed by atoms with Crippen LogP contribution in [-0.4, -0.2) is 0 Å². The van der Waals surface area contributed by atoms with Crippen LogP contribution in [0.2, 0.25) is 0 Å². The summed E-state index contributed by atoms with van der Waals surface area (Å²) in [7, 11) is 0. The molecule has 3 aliphatic rings. The Morgan fingerprint density at radius 3 is 2.39 bits per heavy atom. The Kier molecular flexibility index (Phi) is 4.93. The highest BCUT2D eigenvalue weighted by atomic mass is 14.4. The molecule has 4 aromatic rings. The molecule has 0 aromatic heterocycles. The molecule has 7 rings (SSSR count). The number of hydrogen-bond donors (Lipinski definition) is 0. The first-order valence-corrected chi connectivity index (χ1v) is 13.5. The van der Waals surface area contributed by atoms with Gasteiger partial charge in [0.05, 0.1) is 0 Å². The average Bonchev–Trinajstić information content (AvgIpc) is 3.00. The summed E-state index contributed by atoms with van der Waals surface area (Å²) in [6.45, 7) is 4.85. The normalized spacial score (nSPS) is 22.6. The highest BCUT2D eigenvalue weighted by molar-refractivity contribution is 6.03. The number of hydrogen-bond acceptors (Lipinski definition) is 0. The van der Waals surface area contributed by atoms with Gasteiger partial charge in [-0.05, 0) is 86.5 Å². The molecule has 176 valence electrons. The van der Waals surface area contributed by atoms with Crippen molar-refractivity contribution in [1.29, 1.82) is 0 Å². The van der Waals surface area contributed by atoms with E-state index in [0.717, 1.165) is 25.7 Å². The van der Waals surface area contributed by atoms with E-state index in [2.05, 4.69) is 117 Å². The summed E-state index contributed by atoms with van der Waals surface area (Å²) in [6, 6.07) is 27.7. The predicted molar refractivity (Wildman–Crippen MR) is 154 cm³/mol. The van der Waals surface area contributed by atoms with Crippen molar-refractivity contribution in [2.75, 3.05) is 0 Å². The van der Waals surface area contributed by atoms with Crippen molar-refractivity contribution in [3.8, 4) is 22.3 Å². The first-order chi connectivity index (χ1) is 17.6. The monoisotopic (exact) mass is 464 g/mol. The summed E-state index contributed by atoms with van der Waals surface area (Å²) in [6.07, 6.45) is 16.1. The second-order valence-corrected chi connectivity index (χ2v) is 11.1. The average molecular weight is 465 g/mol. The third-order valence-electron chi connectivity index (χ3n) is 8.75. The zero-order valence-corrected chi connectivity index (χ0v) is 21.2. The highest BCUT2D eigenvalue weighted by Crippen LogP contribution is 2.55. The summed E-state index contributed by atoms with van der Waals surface area (Å²) in [5.41, 5.74) is 13.1. The molecular weight excluding hydrogens is 432 g/mol. The Balaban J connectivity index is 1.60. The molecular formula is C36H32. The SMILES string of the molecule is CC1(C)c2ccccc2-c2ccc3ccc4c(c3c21)C(C1=C/CC/C=C/C=C\1)CCc1ccccc1-4. The molecule has 0 fully saturated rings. The van der Waals surface area contributed by atoms with Crippen molar-refractivity contribution in [2.24, 2.45) is 0 Å². The van der Waals surface area contributed by atoms with E-state index in [0.29, 0.717) is 5.92 Å². The topological polar surface area (TPSA) is 0 Å². The Morgan fingerprint density at radius 1 is 0.722 bits per heavy atom. The molecule has 0 N–H and O–H groups in total. The van der Waals surface area contributed by atoms with Crippen molar-refractivity contribution in [2.45, 2.75) is 50.9 Å². The van der Waals surface area contributed by atoms with E-state index in [4.69, 9.17) is 0 Å². The fourth-order valence-electron chi connectivity index (χ4n) is 7.11. The summed E-state index contributed by atoms with van der Waals surface area (Å²) < 4.78 is 0. The van der Waals surface area contributed by atoms with E-state index in [1.165, 1.54) is 60.9 Å². The van der Waals surface area contributed by atoms with Crippen LogP contribution in [0, 0.1) is 0 Å². The lowest BCUT2D eigenvalue weighted by molar-refractivity contribution is 0.663. The molecule has 0 bridgehead atoms. The zero-order chi connectivity index (χ0) is 24.3. The van der Waals surface area contributed by atoms with Crippen molar-refractivity contribution in [3.05, 3.63) is 131 Å². The van der Waals surface area contributed by atoms with Crippen LogP contribution in [0.5, 0.6) is 0 Å². The van der Waals surface area contributed by atoms with E-state index in [1.54, 1.807) is 0 Å². The molecule has 0 saturated carbocycles. The minimum atomic E-state index is -0.0369. The van der Waals surface area contributed by atoms with Gasteiger partial charge >= 0.3 is 0 Å². The molecule has 4 aromatic carbocycles. The van der Waals surface area contributed by atoms with E-state index in [9.17, 15) is 0 Å². The maximum Gasteiger partial charge on any atom is 0.0165 e. The van der Waals surface area contributed by atoms with Crippen LogP contribution < -0.4 is 0 Å². The maximum absolute atomic E-state index is 2.51. The van der Waals surface area contributed by atoms with Gasteiger partial charge in [-0.2, -0.15) is 0 Å². The molecule has 0 amide bonds. The third-order valence-corrected chi connectivity index (χ3v) is 8.75. The van der Waals surface area contributed by atoms with Crippen molar-refractivity contribution in [3.63, 3.8) is 0 Å². The van der Waals surface area contributed by atoms with Gasteiger partial charge in [0, 0.05) is 11.3 Å². The minimum absolute atomic E-state index is 0.0369. The second-order valence-electron chi connectivity index (χ2n) is 11.1. The van der Waals surface area contributed by atoms with Gasteiger partial charge in [-0.1, -0.05) is 117 Å². The van der Waals surface area contributed by atoms with Crippen LogP contribution >= 0.6 is 0 Å². The molecule has 1 unspecified atom stereocenters. The number of allylic oxidation sites excluding steroid dienone is 6. The summed E-state index contributed by atoms with van der Waals surface area (Å²) in [5, 5.41) is 2.85. The van der Waals surface area contributed by atoms with Gasteiger partial charge in [0.1, 0.15) is 0 Å². The number of fused-ring (bicyclic) bond motifs is 9. The van der Waals surface area contributed by atoms with E-state index in [-0.39, 0.29) is 5.41 Å². The lowest BCUT2D eigenvalue weighted by atomic mass is 9.75. The Hall–Kier alpha value is -3.64. The second kappa shape index (κ2) is 8.20.